The molecule has 0 spiro atoms. The highest BCUT2D eigenvalue weighted by molar-refractivity contribution is 7.17. The van der Waals surface area contributed by atoms with Crippen molar-refractivity contribution in [3.05, 3.63) is 84.2 Å². The fraction of sp³-hybridized carbons (Fsp3) is 0.231. The summed E-state index contributed by atoms with van der Waals surface area (Å²) in [5, 5.41) is 24.3. The summed E-state index contributed by atoms with van der Waals surface area (Å²) in [6.45, 7) is 6.31. The average Bonchev–Trinajstić information content (AvgIpc) is 3.32. The lowest BCUT2D eigenvalue weighted by Gasteiger charge is -2.31. The molecule has 5 rings (SSSR count). The van der Waals surface area contributed by atoms with E-state index in [1.807, 2.05) is 0 Å². The maximum absolute atomic E-state index is 9.10. The molecule has 0 saturated heterocycles. The molecule has 0 radical (unpaired) electrons. The number of H-pyrrole nitrogens is 1. The van der Waals surface area contributed by atoms with Gasteiger partial charge in [0.25, 0.3) is 0 Å². The number of nitrogens with one attached hydrogen (secondary N) is 1. The molecular formula is C26H29NO2S. The van der Waals surface area contributed by atoms with Crippen LogP contribution in [0, 0.1) is 0 Å². The molecule has 4 heteroatoms. The molecular weight excluding hydrogens is 390 g/mol. The number of rotatable bonds is 1. The SMILES string of the molecule is CC(C)(O)C(C)(C)O.c1ccc2c(c1)[nH]c1ccccc12.c1ccc2sccc2c1. The lowest BCUT2D eigenvalue weighted by Crippen LogP contribution is -2.44. The van der Waals surface area contributed by atoms with E-state index >= 15 is 0 Å². The van der Waals surface area contributed by atoms with Crippen molar-refractivity contribution in [2.24, 2.45) is 0 Å². The van der Waals surface area contributed by atoms with Crippen LogP contribution in [0.4, 0.5) is 0 Å². The van der Waals surface area contributed by atoms with Crippen LogP contribution >= 0.6 is 11.3 Å². The summed E-state index contributed by atoms with van der Waals surface area (Å²) in [5.41, 5.74) is 0.410. The quantitative estimate of drug-likeness (QED) is 0.281. The first-order valence-corrected chi connectivity index (χ1v) is 10.9. The fourth-order valence-electron chi connectivity index (χ4n) is 2.71. The zero-order valence-corrected chi connectivity index (χ0v) is 18.7. The number of hydrogen-bond donors (Lipinski definition) is 3. The Morgan fingerprint density at radius 3 is 1.60 bits per heavy atom. The molecule has 156 valence electrons. The third kappa shape index (κ3) is 5.28. The molecule has 30 heavy (non-hydrogen) atoms. The van der Waals surface area contributed by atoms with Crippen molar-refractivity contribution in [3.63, 3.8) is 0 Å². The van der Waals surface area contributed by atoms with Gasteiger partial charge >= 0.3 is 0 Å². The van der Waals surface area contributed by atoms with E-state index in [0.29, 0.717) is 0 Å². The summed E-state index contributed by atoms with van der Waals surface area (Å²) in [7, 11) is 0. The van der Waals surface area contributed by atoms with Crippen molar-refractivity contribution in [2.75, 3.05) is 0 Å². The molecule has 0 unspecified atom stereocenters. The highest BCUT2D eigenvalue weighted by atomic mass is 32.1. The Balaban J connectivity index is 0.000000134. The van der Waals surface area contributed by atoms with Crippen LogP contribution in [0.15, 0.2) is 84.2 Å². The van der Waals surface area contributed by atoms with Crippen molar-refractivity contribution in [2.45, 2.75) is 38.9 Å². The predicted octanol–water partition coefficient (Wildman–Crippen LogP) is 6.75. The van der Waals surface area contributed by atoms with E-state index in [2.05, 4.69) is 89.2 Å². The standard InChI is InChI=1S/C12H9N.C8H6S.C6H14O2/c1-3-7-11-9(5-1)10-6-2-4-8-12(10)13-11;1-2-4-8-7(3-1)5-6-9-8;1-5(2,7)6(3,4)8/h1-8,13H;1-6H;7-8H,1-4H3. The smallest absolute Gasteiger partial charge is 0.0872 e. The largest absolute Gasteiger partial charge is 0.387 e. The van der Waals surface area contributed by atoms with Gasteiger partial charge in [0.05, 0.1) is 11.2 Å². The van der Waals surface area contributed by atoms with Crippen molar-refractivity contribution in [1.82, 2.24) is 4.98 Å². The van der Waals surface area contributed by atoms with Crippen LogP contribution in [-0.2, 0) is 0 Å². The van der Waals surface area contributed by atoms with Crippen molar-refractivity contribution >= 4 is 43.2 Å². The minimum atomic E-state index is -1.01. The van der Waals surface area contributed by atoms with E-state index < -0.39 is 11.2 Å². The number of fused-ring (bicyclic) bond motifs is 4. The van der Waals surface area contributed by atoms with Gasteiger partial charge in [-0.3, -0.25) is 0 Å². The minimum Gasteiger partial charge on any atom is -0.387 e. The van der Waals surface area contributed by atoms with E-state index in [9.17, 15) is 0 Å². The van der Waals surface area contributed by atoms with E-state index in [1.165, 1.54) is 31.9 Å². The predicted molar refractivity (Wildman–Crippen MR) is 130 cm³/mol. The Morgan fingerprint density at radius 1 is 0.633 bits per heavy atom. The topological polar surface area (TPSA) is 56.2 Å². The maximum Gasteiger partial charge on any atom is 0.0872 e. The van der Waals surface area contributed by atoms with Gasteiger partial charge in [0.1, 0.15) is 0 Å². The van der Waals surface area contributed by atoms with E-state index in [0.717, 1.165) is 0 Å². The van der Waals surface area contributed by atoms with Crippen molar-refractivity contribution in [3.8, 4) is 0 Å². The highest BCUT2D eigenvalue weighted by Gasteiger charge is 2.31. The first kappa shape index (κ1) is 22.0. The Kier molecular flexibility index (Phi) is 6.61. The van der Waals surface area contributed by atoms with Gasteiger partial charge in [-0.05, 0) is 62.7 Å². The van der Waals surface area contributed by atoms with Crippen LogP contribution in [0.1, 0.15) is 27.7 Å². The molecule has 3 N–H and O–H groups in total. The van der Waals surface area contributed by atoms with Gasteiger partial charge in [-0.25, -0.2) is 0 Å². The second-order valence-electron chi connectivity index (χ2n) is 8.29. The highest BCUT2D eigenvalue weighted by Crippen LogP contribution is 2.24. The molecule has 3 aromatic carbocycles. The fourth-order valence-corrected chi connectivity index (χ4v) is 3.50. The summed E-state index contributed by atoms with van der Waals surface area (Å²) in [5.74, 6) is 0. The lowest BCUT2D eigenvalue weighted by molar-refractivity contribution is -0.107. The summed E-state index contributed by atoms with van der Waals surface area (Å²) in [6, 6.07) is 27.3. The van der Waals surface area contributed by atoms with Gasteiger partial charge in [0.15, 0.2) is 0 Å². The van der Waals surface area contributed by atoms with Crippen LogP contribution in [0.2, 0.25) is 0 Å². The van der Waals surface area contributed by atoms with E-state index in [-0.39, 0.29) is 0 Å². The number of para-hydroxylation sites is 2. The van der Waals surface area contributed by atoms with Gasteiger partial charge in [-0.2, -0.15) is 0 Å². The van der Waals surface area contributed by atoms with E-state index in [1.54, 1.807) is 39.0 Å². The van der Waals surface area contributed by atoms with Crippen LogP contribution < -0.4 is 0 Å². The van der Waals surface area contributed by atoms with Gasteiger partial charge in [0, 0.05) is 26.5 Å². The molecule has 2 aromatic heterocycles. The van der Waals surface area contributed by atoms with Crippen LogP contribution in [0.25, 0.3) is 31.9 Å². The number of aliphatic hydroxyl groups is 2. The molecule has 3 nitrogen and oxygen atoms in total. The molecule has 2 heterocycles. The third-order valence-electron chi connectivity index (χ3n) is 5.27. The summed E-state index contributed by atoms with van der Waals surface area (Å²) in [6.07, 6.45) is 0. The second kappa shape index (κ2) is 9.00. The Labute approximate surface area is 181 Å². The van der Waals surface area contributed by atoms with Gasteiger partial charge in [-0.1, -0.05) is 54.6 Å². The summed E-state index contributed by atoms with van der Waals surface area (Å²) < 4.78 is 1.37. The van der Waals surface area contributed by atoms with Gasteiger partial charge in [-0.15, -0.1) is 11.3 Å². The summed E-state index contributed by atoms with van der Waals surface area (Å²) in [4.78, 5) is 3.38. The maximum atomic E-state index is 9.10. The first-order valence-electron chi connectivity index (χ1n) is 9.99. The molecule has 0 fully saturated rings. The monoisotopic (exact) mass is 419 g/mol. The molecule has 0 aliphatic carbocycles. The van der Waals surface area contributed by atoms with Crippen LogP contribution in [0.3, 0.4) is 0 Å². The van der Waals surface area contributed by atoms with Gasteiger partial charge < -0.3 is 15.2 Å². The number of hydrogen-bond acceptors (Lipinski definition) is 3. The van der Waals surface area contributed by atoms with Crippen molar-refractivity contribution in [1.29, 1.82) is 0 Å². The molecule has 0 bridgehead atoms. The second-order valence-corrected chi connectivity index (χ2v) is 9.24. The number of aromatic amines is 1. The zero-order chi connectivity index (χ0) is 21.8. The number of aromatic nitrogens is 1. The normalized spacial score (nSPS) is 11.7. The summed E-state index contributed by atoms with van der Waals surface area (Å²) >= 11 is 1.79. The first-order chi connectivity index (χ1) is 14.2. The van der Waals surface area contributed by atoms with E-state index in [4.69, 9.17) is 10.2 Å². The zero-order valence-electron chi connectivity index (χ0n) is 17.9. The lowest BCUT2D eigenvalue weighted by atomic mass is 9.90. The molecule has 0 aliphatic heterocycles. The number of thiophene rings is 1. The molecule has 0 saturated carbocycles. The molecule has 5 aromatic rings. The molecule has 0 aliphatic rings. The molecule has 0 atom stereocenters. The van der Waals surface area contributed by atoms with Crippen LogP contribution in [-0.4, -0.2) is 26.4 Å². The Morgan fingerprint density at radius 2 is 1.10 bits per heavy atom. The molecule has 0 amide bonds. The third-order valence-corrected chi connectivity index (χ3v) is 6.17. The average molecular weight is 420 g/mol. The number of benzene rings is 3. The van der Waals surface area contributed by atoms with Gasteiger partial charge in [0.2, 0.25) is 0 Å². The minimum absolute atomic E-state index is 1.01. The Bertz CT molecular complexity index is 1130. The van der Waals surface area contributed by atoms with Crippen LogP contribution in [0.5, 0.6) is 0 Å². The Hall–Kier alpha value is -2.66. The van der Waals surface area contributed by atoms with Crippen molar-refractivity contribution < 1.29 is 10.2 Å².